The van der Waals surface area contributed by atoms with E-state index in [0.717, 1.165) is 33.8 Å². The van der Waals surface area contributed by atoms with Crippen molar-refractivity contribution < 1.29 is 5.32 Å². The number of hydrogen-bond donors (Lipinski definition) is 2. The molecule has 0 radical (unpaired) electrons. The van der Waals surface area contributed by atoms with Crippen molar-refractivity contribution >= 4 is 11.7 Å². The highest BCUT2D eigenvalue weighted by Crippen LogP contribution is 2.37. The maximum atomic E-state index is 9.25. The van der Waals surface area contributed by atoms with Crippen LogP contribution in [0.25, 0.3) is 5.32 Å². The van der Waals surface area contributed by atoms with E-state index in [1.807, 2.05) is 91.0 Å². The van der Waals surface area contributed by atoms with Crippen LogP contribution in [0.4, 0.5) is 0 Å². The molecule has 2 heterocycles. The van der Waals surface area contributed by atoms with Crippen LogP contribution in [0.5, 0.6) is 0 Å². The van der Waals surface area contributed by atoms with Gasteiger partial charge in [-0.1, -0.05) is 109 Å². The lowest BCUT2D eigenvalue weighted by molar-refractivity contribution is -0.570. The molecule has 38 heavy (non-hydrogen) atoms. The summed E-state index contributed by atoms with van der Waals surface area (Å²) in [5.41, 5.74) is 5.74. The molecule has 6 rings (SSSR count). The number of hydrogen-bond acceptors (Lipinski definition) is 4. The molecule has 2 aliphatic heterocycles. The van der Waals surface area contributed by atoms with E-state index >= 15 is 0 Å². The Kier molecular flexibility index (Phi) is 6.60. The summed E-state index contributed by atoms with van der Waals surface area (Å²) in [5.74, 6) is 1.59. The van der Waals surface area contributed by atoms with Crippen LogP contribution in [0.1, 0.15) is 40.0 Å². The number of nitriles is 1. The van der Waals surface area contributed by atoms with Crippen molar-refractivity contribution in [1.29, 1.82) is 5.26 Å². The summed E-state index contributed by atoms with van der Waals surface area (Å²) in [4.78, 5) is 10.0. The van der Waals surface area contributed by atoms with Gasteiger partial charge in [-0.25, -0.2) is 4.99 Å². The van der Waals surface area contributed by atoms with Gasteiger partial charge in [0.15, 0.2) is 5.84 Å². The summed E-state index contributed by atoms with van der Waals surface area (Å²) >= 11 is 0. The van der Waals surface area contributed by atoms with E-state index in [4.69, 9.17) is 15.3 Å². The fourth-order valence-corrected chi connectivity index (χ4v) is 4.70. The van der Waals surface area contributed by atoms with Crippen molar-refractivity contribution in [3.63, 3.8) is 0 Å². The molecule has 2 aliphatic rings. The molecular weight excluding hydrogens is 468 g/mol. The van der Waals surface area contributed by atoms with Crippen LogP contribution in [0.3, 0.4) is 0 Å². The maximum absolute atomic E-state index is 9.25. The summed E-state index contributed by atoms with van der Waals surface area (Å²) in [6.45, 7) is 0. The lowest BCUT2D eigenvalue weighted by Crippen LogP contribution is -2.95. The van der Waals surface area contributed by atoms with Gasteiger partial charge in [-0.15, -0.1) is 0 Å². The Hall–Kier alpha value is -4.83. The number of quaternary nitrogens is 1. The van der Waals surface area contributed by atoms with E-state index in [1.54, 1.807) is 0 Å². The van der Waals surface area contributed by atoms with Crippen LogP contribution in [0.15, 0.2) is 137 Å². The van der Waals surface area contributed by atoms with Gasteiger partial charge in [0.25, 0.3) is 0 Å². The molecule has 0 aromatic heterocycles. The van der Waals surface area contributed by atoms with Crippen LogP contribution in [0, 0.1) is 11.3 Å². The zero-order valence-corrected chi connectivity index (χ0v) is 20.6. The predicted molar refractivity (Wildman–Crippen MR) is 149 cm³/mol. The molecule has 0 fully saturated rings. The third-order valence-corrected chi connectivity index (χ3v) is 6.67. The number of benzene rings is 4. The van der Waals surface area contributed by atoms with Crippen LogP contribution < -0.4 is 10.6 Å². The second kappa shape index (κ2) is 10.7. The number of nitrogens with one attached hydrogen (secondary N) is 1. The number of nitrogens with two attached hydrogens (primary N) is 1. The van der Waals surface area contributed by atoms with E-state index in [-0.39, 0.29) is 18.4 Å². The molecule has 0 aliphatic carbocycles. The lowest BCUT2D eigenvalue weighted by atomic mass is 9.99. The van der Waals surface area contributed by atoms with E-state index in [2.05, 4.69) is 47.0 Å². The molecule has 6 heteroatoms. The Bertz CT molecular complexity index is 1530. The molecule has 0 bridgehead atoms. The number of aliphatic imine (C=N–C) groups is 2. The van der Waals surface area contributed by atoms with Crippen molar-refractivity contribution in [3.05, 3.63) is 160 Å². The van der Waals surface area contributed by atoms with Gasteiger partial charge < -0.3 is 10.6 Å². The van der Waals surface area contributed by atoms with Crippen molar-refractivity contribution in [2.24, 2.45) is 9.98 Å². The minimum absolute atomic E-state index is 0.188. The van der Waals surface area contributed by atoms with E-state index < -0.39 is 0 Å². The zero-order chi connectivity index (χ0) is 25.7. The van der Waals surface area contributed by atoms with E-state index in [0.29, 0.717) is 11.4 Å². The van der Waals surface area contributed by atoms with Gasteiger partial charge in [0.2, 0.25) is 12.0 Å². The lowest BCUT2D eigenvalue weighted by Gasteiger charge is -2.45. The summed E-state index contributed by atoms with van der Waals surface area (Å²) in [5, 5.41) is 20.1. The third kappa shape index (κ3) is 5.02. The van der Waals surface area contributed by atoms with E-state index in [9.17, 15) is 5.26 Å². The molecule has 184 valence electrons. The van der Waals surface area contributed by atoms with Gasteiger partial charge in [-0.2, -0.15) is 10.3 Å². The van der Waals surface area contributed by atoms with Gasteiger partial charge in [-0.05, 0) is 36.0 Å². The average molecular weight is 495 g/mol. The Morgan fingerprint density at radius 3 is 2.03 bits per heavy atom. The van der Waals surface area contributed by atoms with Crippen LogP contribution in [0.2, 0.25) is 0 Å². The highest BCUT2D eigenvalue weighted by Gasteiger charge is 2.29. The first kappa shape index (κ1) is 23.6. The van der Waals surface area contributed by atoms with Gasteiger partial charge >= 0.3 is 0 Å². The van der Waals surface area contributed by atoms with Gasteiger partial charge in [0.05, 0.1) is 22.9 Å². The first-order valence-corrected chi connectivity index (χ1v) is 12.6. The fraction of sp³-hybridized carbons (Fsp3) is 0.0938. The van der Waals surface area contributed by atoms with Crippen LogP contribution in [-0.2, 0) is 0 Å². The Balaban J connectivity index is 1.41. The zero-order valence-electron chi connectivity index (χ0n) is 20.6. The second-order valence-electron chi connectivity index (χ2n) is 9.20. The molecule has 3 unspecified atom stereocenters. The molecule has 3 atom stereocenters. The number of amidine groups is 2. The average Bonchev–Trinajstić information content (AvgIpc) is 3.02. The van der Waals surface area contributed by atoms with Crippen molar-refractivity contribution in [3.8, 4) is 6.07 Å². The molecule has 4 aromatic carbocycles. The highest BCUT2D eigenvalue weighted by atomic mass is 15.3. The van der Waals surface area contributed by atoms with Crippen molar-refractivity contribution in [1.82, 2.24) is 5.32 Å². The molecule has 4 aromatic rings. The van der Waals surface area contributed by atoms with E-state index in [1.165, 1.54) is 0 Å². The van der Waals surface area contributed by atoms with Crippen molar-refractivity contribution in [2.75, 3.05) is 0 Å². The predicted octanol–water partition coefficient (Wildman–Crippen LogP) is 4.96. The van der Waals surface area contributed by atoms with Gasteiger partial charge in [0, 0.05) is 5.56 Å². The topological polar surface area (TPSA) is 91.2 Å². The molecule has 0 amide bonds. The monoisotopic (exact) mass is 494 g/mol. The van der Waals surface area contributed by atoms with Gasteiger partial charge in [0.1, 0.15) is 0 Å². The minimum Gasteiger partial charge on any atom is -0.629 e. The van der Waals surface area contributed by atoms with Crippen molar-refractivity contribution in [2.45, 2.75) is 18.4 Å². The second-order valence-corrected chi connectivity index (χ2v) is 9.20. The maximum Gasteiger partial charge on any atom is 0.235 e. The summed E-state index contributed by atoms with van der Waals surface area (Å²) in [6, 6.07) is 40.2. The summed E-state index contributed by atoms with van der Waals surface area (Å²) in [6.07, 6.45) is 1.64. The van der Waals surface area contributed by atoms with Crippen LogP contribution >= 0.6 is 0 Å². The third-order valence-electron chi connectivity index (χ3n) is 6.67. The smallest absolute Gasteiger partial charge is 0.235 e. The first-order valence-electron chi connectivity index (χ1n) is 12.6. The van der Waals surface area contributed by atoms with Crippen LogP contribution in [-0.4, -0.2) is 17.8 Å². The number of nitrogens with zero attached hydrogens (tertiary/aromatic N) is 4. The molecular formula is C32H26N6. The quantitative estimate of drug-likeness (QED) is 0.411. The molecule has 0 saturated carbocycles. The largest absolute Gasteiger partial charge is 0.629 e. The molecule has 3 N–H and O–H groups in total. The SMILES string of the molecule is N#Cc1ccc(C2C=C(C3N=C(c4ccccc4)N=C(c4ccccc4)[NH2+]3)NC(c3ccccc3)[N-]2)cc1. The van der Waals surface area contributed by atoms with Gasteiger partial charge in [-0.3, -0.25) is 5.32 Å². The standard InChI is InChI=1S/C32H25N6/c33-21-22-16-18-23(19-17-22)27-20-28(35-29(34-27)24-10-4-1-5-11-24)32-37-30(25-12-6-2-7-13-25)36-31(38-32)26-14-8-3-9-15-26/h1-20,27,29,32,35H,(H,36,37,38)/q-1/p+1. The molecule has 0 saturated heterocycles. The molecule has 6 nitrogen and oxygen atoms in total. The fourth-order valence-electron chi connectivity index (χ4n) is 4.70. The normalized spacial score (nSPS) is 20.8. The first-order chi connectivity index (χ1) is 18.8. The number of rotatable bonds is 5. The Labute approximate surface area is 222 Å². The molecule has 0 spiro atoms. The Morgan fingerprint density at radius 1 is 0.737 bits per heavy atom. The Morgan fingerprint density at radius 2 is 1.37 bits per heavy atom. The summed E-state index contributed by atoms with van der Waals surface area (Å²) in [7, 11) is 0. The minimum atomic E-state index is -0.263. The summed E-state index contributed by atoms with van der Waals surface area (Å²) < 4.78 is 0. The highest BCUT2D eigenvalue weighted by molar-refractivity contribution is 6.09.